The van der Waals surface area contributed by atoms with Crippen LogP contribution in [-0.4, -0.2) is 21.7 Å². The van der Waals surface area contributed by atoms with E-state index in [1.54, 1.807) is 7.11 Å². The van der Waals surface area contributed by atoms with E-state index < -0.39 is 0 Å². The van der Waals surface area contributed by atoms with Gasteiger partial charge in [0.1, 0.15) is 6.61 Å². The number of ether oxygens (including phenoxy) is 2. The molecule has 0 spiro atoms. The van der Waals surface area contributed by atoms with Crippen LogP contribution in [0.4, 0.5) is 0 Å². The topological polar surface area (TPSA) is 65.7 Å². The highest BCUT2D eigenvalue weighted by Gasteiger charge is 2.12. The Bertz CT molecular complexity index is 1520. The Morgan fingerprint density at radius 3 is 2.52 bits per heavy atom. The molecule has 5 aromatic rings. The minimum atomic E-state index is -0.191. The fourth-order valence-corrected chi connectivity index (χ4v) is 4.35. The lowest BCUT2D eigenvalue weighted by molar-refractivity contribution is 0.284. The first-order chi connectivity index (χ1) is 16.1. The van der Waals surface area contributed by atoms with Gasteiger partial charge in [-0.25, -0.2) is 0 Å². The summed E-state index contributed by atoms with van der Waals surface area (Å²) in [5, 5.41) is 4.41. The molecule has 3 aromatic carbocycles. The van der Waals surface area contributed by atoms with Gasteiger partial charge in [0.05, 0.1) is 11.6 Å². The van der Waals surface area contributed by atoms with Gasteiger partial charge in [0.25, 0.3) is 5.56 Å². The largest absolute Gasteiger partial charge is 0.493 e. The Labute approximate surface area is 194 Å². The van der Waals surface area contributed by atoms with Crippen LogP contribution in [0.15, 0.2) is 77.6 Å². The van der Waals surface area contributed by atoms with E-state index in [0.29, 0.717) is 33.4 Å². The van der Waals surface area contributed by atoms with Crippen LogP contribution in [0.5, 0.6) is 11.5 Å². The molecule has 2 heterocycles. The van der Waals surface area contributed by atoms with Crippen molar-refractivity contribution in [1.82, 2.24) is 14.6 Å². The SMILES string of the molecule is COc1cc(/C=c2/sc3nc(-c4ccc(C)cc4)nn3c2=O)ccc1OCc1ccccc1. The zero-order chi connectivity index (χ0) is 22.8. The molecular weight excluding hydrogens is 434 g/mol. The summed E-state index contributed by atoms with van der Waals surface area (Å²) in [6.07, 6.45) is 1.82. The zero-order valence-corrected chi connectivity index (χ0v) is 19.0. The van der Waals surface area contributed by atoms with E-state index in [9.17, 15) is 4.79 Å². The maximum atomic E-state index is 12.9. The molecule has 0 N–H and O–H groups in total. The van der Waals surface area contributed by atoms with Crippen LogP contribution in [0.3, 0.4) is 0 Å². The summed E-state index contributed by atoms with van der Waals surface area (Å²) in [5.41, 5.74) is 3.76. The maximum absolute atomic E-state index is 12.9. The van der Waals surface area contributed by atoms with Gasteiger partial charge >= 0.3 is 0 Å². The van der Waals surface area contributed by atoms with Gasteiger partial charge in [-0.05, 0) is 36.3 Å². The van der Waals surface area contributed by atoms with Crippen LogP contribution in [0.2, 0.25) is 0 Å². The molecule has 0 aliphatic rings. The number of thiazole rings is 1. The van der Waals surface area contributed by atoms with Gasteiger partial charge in [0.2, 0.25) is 4.96 Å². The van der Waals surface area contributed by atoms with Crippen molar-refractivity contribution in [1.29, 1.82) is 0 Å². The lowest BCUT2D eigenvalue weighted by Crippen LogP contribution is -2.23. The fourth-order valence-electron chi connectivity index (χ4n) is 3.44. The third kappa shape index (κ3) is 4.36. The molecule has 0 fully saturated rings. The van der Waals surface area contributed by atoms with E-state index in [4.69, 9.17) is 9.47 Å². The van der Waals surface area contributed by atoms with Crippen molar-refractivity contribution in [2.24, 2.45) is 0 Å². The predicted octanol–water partition coefficient (Wildman–Crippen LogP) is 4.26. The van der Waals surface area contributed by atoms with Gasteiger partial charge in [-0.2, -0.15) is 9.50 Å². The van der Waals surface area contributed by atoms with E-state index >= 15 is 0 Å². The summed E-state index contributed by atoms with van der Waals surface area (Å²) in [7, 11) is 1.60. The van der Waals surface area contributed by atoms with E-state index in [2.05, 4.69) is 10.1 Å². The summed E-state index contributed by atoms with van der Waals surface area (Å²) in [5.74, 6) is 1.80. The average Bonchev–Trinajstić information content (AvgIpc) is 3.38. The number of aryl methyl sites for hydroxylation is 1. The molecule has 0 aliphatic heterocycles. The van der Waals surface area contributed by atoms with Crippen LogP contribution in [0.25, 0.3) is 22.4 Å². The number of rotatable bonds is 6. The van der Waals surface area contributed by atoms with E-state index in [-0.39, 0.29) is 5.56 Å². The maximum Gasteiger partial charge on any atom is 0.291 e. The van der Waals surface area contributed by atoms with Crippen LogP contribution in [0, 0.1) is 6.92 Å². The smallest absolute Gasteiger partial charge is 0.291 e. The van der Waals surface area contributed by atoms with Crippen LogP contribution in [-0.2, 0) is 6.61 Å². The molecule has 5 rings (SSSR count). The molecule has 164 valence electrons. The predicted molar refractivity (Wildman–Crippen MR) is 130 cm³/mol. The second-order valence-electron chi connectivity index (χ2n) is 7.60. The highest BCUT2D eigenvalue weighted by atomic mass is 32.1. The summed E-state index contributed by atoms with van der Waals surface area (Å²) < 4.78 is 13.3. The zero-order valence-electron chi connectivity index (χ0n) is 18.2. The highest BCUT2D eigenvalue weighted by Crippen LogP contribution is 2.29. The first-order valence-electron chi connectivity index (χ1n) is 10.4. The monoisotopic (exact) mass is 455 g/mol. The van der Waals surface area contributed by atoms with Crippen LogP contribution >= 0.6 is 11.3 Å². The van der Waals surface area contributed by atoms with E-state index in [1.807, 2.05) is 85.8 Å². The van der Waals surface area contributed by atoms with Crippen LogP contribution < -0.4 is 19.6 Å². The first-order valence-corrected chi connectivity index (χ1v) is 11.3. The van der Waals surface area contributed by atoms with Crippen molar-refractivity contribution < 1.29 is 9.47 Å². The lowest BCUT2D eigenvalue weighted by Gasteiger charge is -2.11. The molecule has 0 atom stereocenters. The molecule has 0 saturated heterocycles. The Kier molecular flexibility index (Phi) is 5.62. The second-order valence-corrected chi connectivity index (χ2v) is 8.61. The van der Waals surface area contributed by atoms with Crippen molar-refractivity contribution >= 4 is 22.4 Å². The lowest BCUT2D eigenvalue weighted by atomic mass is 10.1. The van der Waals surface area contributed by atoms with Crippen LogP contribution in [0.1, 0.15) is 16.7 Å². The van der Waals surface area contributed by atoms with Crippen molar-refractivity contribution in [3.8, 4) is 22.9 Å². The molecule has 6 nitrogen and oxygen atoms in total. The Balaban J connectivity index is 1.42. The van der Waals surface area contributed by atoms with Crippen molar-refractivity contribution in [3.63, 3.8) is 0 Å². The third-order valence-corrected chi connectivity index (χ3v) is 6.17. The minimum absolute atomic E-state index is 0.191. The van der Waals surface area contributed by atoms with Crippen molar-refractivity contribution in [2.75, 3.05) is 7.11 Å². The molecule has 0 radical (unpaired) electrons. The molecule has 0 saturated carbocycles. The summed E-state index contributed by atoms with van der Waals surface area (Å²) in [6.45, 7) is 2.47. The number of hydrogen-bond donors (Lipinski definition) is 0. The molecule has 7 heteroatoms. The van der Waals surface area contributed by atoms with Gasteiger partial charge in [-0.1, -0.05) is 77.6 Å². The minimum Gasteiger partial charge on any atom is -0.493 e. The highest BCUT2D eigenvalue weighted by molar-refractivity contribution is 7.15. The number of fused-ring (bicyclic) bond motifs is 1. The summed E-state index contributed by atoms with van der Waals surface area (Å²) >= 11 is 1.31. The molecule has 0 amide bonds. The number of nitrogens with zero attached hydrogens (tertiary/aromatic N) is 3. The van der Waals surface area contributed by atoms with E-state index in [0.717, 1.165) is 22.3 Å². The average molecular weight is 456 g/mol. The number of aromatic nitrogens is 3. The molecular formula is C26H21N3O3S. The van der Waals surface area contributed by atoms with Gasteiger partial charge in [0.15, 0.2) is 17.3 Å². The number of methoxy groups -OCH3 is 1. The van der Waals surface area contributed by atoms with Gasteiger partial charge in [-0.3, -0.25) is 4.79 Å². The fraction of sp³-hybridized carbons (Fsp3) is 0.115. The van der Waals surface area contributed by atoms with E-state index in [1.165, 1.54) is 15.9 Å². The van der Waals surface area contributed by atoms with Crippen molar-refractivity contribution in [2.45, 2.75) is 13.5 Å². The number of benzene rings is 3. The Morgan fingerprint density at radius 2 is 1.79 bits per heavy atom. The number of hydrogen-bond acceptors (Lipinski definition) is 6. The van der Waals surface area contributed by atoms with Gasteiger partial charge in [-0.15, -0.1) is 5.10 Å². The molecule has 0 bridgehead atoms. The summed E-state index contributed by atoms with van der Waals surface area (Å²) in [6, 6.07) is 23.5. The second kappa shape index (κ2) is 8.88. The van der Waals surface area contributed by atoms with Crippen molar-refractivity contribution in [3.05, 3.63) is 104 Å². The normalized spacial score (nSPS) is 11.8. The molecule has 0 aliphatic carbocycles. The first kappa shape index (κ1) is 20.9. The Morgan fingerprint density at radius 1 is 1.00 bits per heavy atom. The molecule has 33 heavy (non-hydrogen) atoms. The third-order valence-electron chi connectivity index (χ3n) is 5.21. The van der Waals surface area contributed by atoms with Gasteiger partial charge in [0, 0.05) is 5.56 Å². The summed E-state index contributed by atoms with van der Waals surface area (Å²) in [4.78, 5) is 18.0. The molecule has 0 unspecified atom stereocenters. The molecule has 2 aromatic heterocycles. The quantitative estimate of drug-likeness (QED) is 0.383. The Hall–Kier alpha value is -3.97. The van der Waals surface area contributed by atoms with Gasteiger partial charge < -0.3 is 9.47 Å². The standard InChI is InChI=1S/C26H21N3O3S/c1-17-8-11-20(12-9-17)24-27-26-29(28-24)25(30)23(33-26)15-19-10-13-21(22(14-19)31-2)32-16-18-6-4-3-5-7-18/h3-15H,16H2,1-2H3/b23-15+.